The van der Waals surface area contributed by atoms with E-state index in [1.165, 1.54) is 6.08 Å². The molecule has 50 valence electrons. The van der Waals surface area contributed by atoms with Crippen LogP contribution in [0, 0.1) is 0 Å². The molecule has 2 heteroatoms. The number of hydrogen-bond acceptors (Lipinski definition) is 1. The van der Waals surface area contributed by atoms with E-state index in [9.17, 15) is 4.39 Å². The fourth-order valence-corrected chi connectivity index (χ4v) is 0.742. The quantitative estimate of drug-likeness (QED) is 0.478. The molecule has 9 heavy (non-hydrogen) atoms. The first-order valence-corrected chi connectivity index (χ1v) is 2.94. The van der Waals surface area contributed by atoms with Crippen LogP contribution in [0.1, 0.15) is 6.92 Å². The van der Waals surface area contributed by atoms with Crippen molar-refractivity contribution in [2.24, 2.45) is 0 Å². The SMILES string of the molecule is CC1=CC=C(F)CN1C. The zero-order valence-corrected chi connectivity index (χ0v) is 5.69. The third-order valence-electron chi connectivity index (χ3n) is 1.50. The summed E-state index contributed by atoms with van der Waals surface area (Å²) in [6, 6.07) is 0. The molecule has 0 amide bonds. The van der Waals surface area contributed by atoms with Gasteiger partial charge >= 0.3 is 0 Å². The van der Waals surface area contributed by atoms with Gasteiger partial charge in [-0.15, -0.1) is 0 Å². The lowest BCUT2D eigenvalue weighted by atomic mass is 10.3. The summed E-state index contributed by atoms with van der Waals surface area (Å²) < 4.78 is 12.4. The lowest BCUT2D eigenvalue weighted by molar-refractivity contribution is 0.400. The molecule has 1 aliphatic heterocycles. The molecule has 0 saturated heterocycles. The lowest BCUT2D eigenvalue weighted by Crippen LogP contribution is -2.19. The maximum atomic E-state index is 12.4. The average Bonchev–Trinajstić information content (AvgIpc) is 1.80. The van der Waals surface area contributed by atoms with Crippen molar-refractivity contribution in [3.63, 3.8) is 0 Å². The summed E-state index contributed by atoms with van der Waals surface area (Å²) in [4.78, 5) is 1.87. The zero-order chi connectivity index (χ0) is 6.85. The number of allylic oxidation sites excluding steroid dienone is 3. The van der Waals surface area contributed by atoms with Gasteiger partial charge in [-0.25, -0.2) is 4.39 Å². The van der Waals surface area contributed by atoms with Gasteiger partial charge in [0.15, 0.2) is 0 Å². The molecule has 1 rings (SSSR count). The molecule has 0 aromatic heterocycles. The molecule has 0 saturated carbocycles. The van der Waals surface area contributed by atoms with Crippen LogP contribution in [0.4, 0.5) is 4.39 Å². The van der Waals surface area contributed by atoms with E-state index < -0.39 is 0 Å². The van der Waals surface area contributed by atoms with Crippen LogP contribution in [-0.4, -0.2) is 18.5 Å². The topological polar surface area (TPSA) is 3.24 Å². The standard InChI is InChI=1S/C7H10FN/c1-6-3-4-7(8)5-9(6)2/h3-4H,5H2,1-2H3. The van der Waals surface area contributed by atoms with Crippen molar-refractivity contribution in [2.45, 2.75) is 6.92 Å². The van der Waals surface area contributed by atoms with Gasteiger partial charge in [0.2, 0.25) is 0 Å². The van der Waals surface area contributed by atoms with E-state index in [2.05, 4.69) is 0 Å². The molecule has 0 atom stereocenters. The normalized spacial score (nSPS) is 19.2. The van der Waals surface area contributed by atoms with Crippen molar-refractivity contribution in [3.8, 4) is 0 Å². The zero-order valence-electron chi connectivity index (χ0n) is 5.69. The van der Waals surface area contributed by atoms with Crippen molar-refractivity contribution < 1.29 is 4.39 Å². The Kier molecular flexibility index (Phi) is 1.56. The fourth-order valence-electron chi connectivity index (χ4n) is 0.742. The van der Waals surface area contributed by atoms with Crippen LogP contribution in [0.5, 0.6) is 0 Å². The summed E-state index contributed by atoms with van der Waals surface area (Å²) in [7, 11) is 1.87. The predicted octanol–water partition coefficient (Wildman–Crippen LogP) is 1.69. The summed E-state index contributed by atoms with van der Waals surface area (Å²) in [6.45, 7) is 2.38. The summed E-state index contributed by atoms with van der Waals surface area (Å²) in [5.41, 5.74) is 1.11. The monoisotopic (exact) mass is 127 g/mol. The van der Waals surface area contributed by atoms with Crippen molar-refractivity contribution in [1.82, 2.24) is 4.90 Å². The molecule has 0 aromatic rings. The lowest BCUT2D eigenvalue weighted by Gasteiger charge is -2.21. The first-order chi connectivity index (χ1) is 4.20. The maximum Gasteiger partial charge on any atom is 0.119 e. The van der Waals surface area contributed by atoms with Gasteiger partial charge in [0.1, 0.15) is 5.83 Å². The molecule has 0 N–H and O–H groups in total. The molecule has 0 radical (unpaired) electrons. The fraction of sp³-hybridized carbons (Fsp3) is 0.429. The van der Waals surface area contributed by atoms with Gasteiger partial charge in [0.25, 0.3) is 0 Å². The number of nitrogens with zero attached hydrogens (tertiary/aromatic N) is 1. The van der Waals surface area contributed by atoms with Gasteiger partial charge in [0, 0.05) is 12.7 Å². The van der Waals surface area contributed by atoms with Gasteiger partial charge < -0.3 is 4.90 Å². The molecule has 0 bridgehead atoms. The number of rotatable bonds is 0. The van der Waals surface area contributed by atoms with E-state index in [0.717, 1.165) is 5.70 Å². The smallest absolute Gasteiger partial charge is 0.119 e. The van der Waals surface area contributed by atoms with Crippen molar-refractivity contribution in [2.75, 3.05) is 13.6 Å². The largest absolute Gasteiger partial charge is 0.371 e. The second-order valence-corrected chi connectivity index (χ2v) is 2.28. The average molecular weight is 127 g/mol. The summed E-state index contributed by atoms with van der Waals surface area (Å²) in [6.07, 6.45) is 3.29. The van der Waals surface area contributed by atoms with Crippen molar-refractivity contribution in [1.29, 1.82) is 0 Å². The highest BCUT2D eigenvalue weighted by Crippen LogP contribution is 2.11. The van der Waals surface area contributed by atoms with E-state index >= 15 is 0 Å². The van der Waals surface area contributed by atoms with Crippen LogP contribution in [0.3, 0.4) is 0 Å². The molecular formula is C7H10FN. The van der Waals surface area contributed by atoms with Crippen LogP contribution in [-0.2, 0) is 0 Å². The van der Waals surface area contributed by atoms with Crippen molar-refractivity contribution in [3.05, 3.63) is 23.7 Å². The Hall–Kier alpha value is -0.790. The highest BCUT2D eigenvalue weighted by molar-refractivity contribution is 5.18. The minimum atomic E-state index is -0.0666. The summed E-state index contributed by atoms with van der Waals surface area (Å²) in [5, 5.41) is 0. The van der Waals surface area contributed by atoms with Gasteiger partial charge in [0.05, 0.1) is 6.54 Å². The molecule has 1 heterocycles. The van der Waals surface area contributed by atoms with Gasteiger partial charge in [-0.05, 0) is 19.1 Å². The Morgan fingerprint density at radius 1 is 1.56 bits per heavy atom. The van der Waals surface area contributed by atoms with E-state index in [0.29, 0.717) is 6.54 Å². The number of halogens is 1. The minimum absolute atomic E-state index is 0.0666. The Balaban J connectivity index is 2.74. The number of likely N-dealkylation sites (N-methyl/N-ethyl adjacent to an activating group) is 1. The van der Waals surface area contributed by atoms with Crippen LogP contribution < -0.4 is 0 Å². The molecule has 1 nitrogen and oxygen atoms in total. The molecule has 0 aliphatic carbocycles. The third-order valence-corrected chi connectivity index (χ3v) is 1.50. The molecule has 0 unspecified atom stereocenters. The Morgan fingerprint density at radius 3 is 2.67 bits per heavy atom. The van der Waals surface area contributed by atoms with Crippen LogP contribution in [0.2, 0.25) is 0 Å². The van der Waals surface area contributed by atoms with Crippen molar-refractivity contribution >= 4 is 0 Å². The number of hydrogen-bond donors (Lipinski definition) is 0. The highest BCUT2D eigenvalue weighted by atomic mass is 19.1. The minimum Gasteiger partial charge on any atom is -0.371 e. The van der Waals surface area contributed by atoms with Crippen LogP contribution in [0.25, 0.3) is 0 Å². The predicted molar refractivity (Wildman–Crippen MR) is 35.6 cm³/mol. The van der Waals surface area contributed by atoms with Gasteiger partial charge in [-0.2, -0.15) is 0 Å². The second-order valence-electron chi connectivity index (χ2n) is 2.28. The Morgan fingerprint density at radius 2 is 2.22 bits per heavy atom. The molecular weight excluding hydrogens is 117 g/mol. The maximum absolute atomic E-state index is 12.4. The van der Waals surface area contributed by atoms with Gasteiger partial charge in [-0.1, -0.05) is 0 Å². The second kappa shape index (κ2) is 2.21. The first kappa shape index (κ1) is 6.33. The molecule has 1 aliphatic rings. The van der Waals surface area contributed by atoms with Gasteiger partial charge in [-0.3, -0.25) is 0 Å². The van der Waals surface area contributed by atoms with E-state index in [1.54, 1.807) is 6.08 Å². The molecule has 0 aromatic carbocycles. The third kappa shape index (κ3) is 1.31. The van der Waals surface area contributed by atoms with Crippen LogP contribution in [0.15, 0.2) is 23.7 Å². The first-order valence-electron chi connectivity index (χ1n) is 2.94. The Labute approximate surface area is 54.5 Å². The molecule has 0 spiro atoms. The summed E-state index contributed by atoms with van der Waals surface area (Å²) >= 11 is 0. The summed E-state index contributed by atoms with van der Waals surface area (Å²) in [5.74, 6) is -0.0666. The van der Waals surface area contributed by atoms with Crippen LogP contribution >= 0.6 is 0 Å². The Bertz CT molecular complexity index is 170. The van der Waals surface area contributed by atoms with E-state index in [1.807, 2.05) is 18.9 Å². The highest BCUT2D eigenvalue weighted by Gasteiger charge is 2.05. The molecule has 0 fully saturated rings. The van der Waals surface area contributed by atoms with E-state index in [-0.39, 0.29) is 5.83 Å². The van der Waals surface area contributed by atoms with E-state index in [4.69, 9.17) is 0 Å².